The topological polar surface area (TPSA) is 45.3 Å². The number of benzene rings is 1. The summed E-state index contributed by atoms with van der Waals surface area (Å²) in [4.78, 5) is 17.3. The Hall–Kier alpha value is -1.81. The van der Waals surface area contributed by atoms with Gasteiger partial charge < -0.3 is 14.6 Å². The second kappa shape index (κ2) is 5.90. The summed E-state index contributed by atoms with van der Waals surface area (Å²) < 4.78 is 5.47. The van der Waals surface area contributed by atoms with Gasteiger partial charge in [0, 0.05) is 36.1 Å². The van der Waals surface area contributed by atoms with Crippen molar-refractivity contribution in [2.24, 2.45) is 0 Å². The summed E-state index contributed by atoms with van der Waals surface area (Å²) >= 11 is 0. The molecule has 1 N–H and O–H groups in total. The molecule has 0 saturated heterocycles. The van der Waals surface area contributed by atoms with Gasteiger partial charge in [-0.25, -0.2) is 0 Å². The number of rotatable bonds is 6. The molecule has 1 fully saturated rings. The van der Waals surface area contributed by atoms with E-state index in [1.54, 1.807) is 0 Å². The van der Waals surface area contributed by atoms with Crippen molar-refractivity contribution in [3.63, 3.8) is 0 Å². The van der Waals surface area contributed by atoms with Gasteiger partial charge >= 0.3 is 5.97 Å². The standard InChI is InChI=1S/C17H22N2O2/c1-3-16(20)21-15-6-4-5-14-17(15)12(11-18-14)9-10-19(2)13-7-8-13/h4-6,11,13,18H,3,7-10H2,1-2H3. The monoisotopic (exact) mass is 286 g/mol. The number of aromatic amines is 1. The van der Waals surface area contributed by atoms with E-state index >= 15 is 0 Å². The van der Waals surface area contributed by atoms with E-state index in [9.17, 15) is 4.79 Å². The zero-order chi connectivity index (χ0) is 14.8. The molecule has 1 aliphatic carbocycles. The number of carbonyl (C=O) groups is 1. The highest BCUT2D eigenvalue weighted by Gasteiger charge is 2.25. The predicted molar refractivity (Wildman–Crippen MR) is 83.6 cm³/mol. The van der Waals surface area contributed by atoms with E-state index in [0.717, 1.165) is 29.9 Å². The number of carbonyl (C=O) groups excluding carboxylic acids is 1. The third kappa shape index (κ3) is 3.10. The molecule has 112 valence electrons. The minimum absolute atomic E-state index is 0.190. The van der Waals surface area contributed by atoms with E-state index in [1.807, 2.05) is 31.3 Å². The molecule has 0 atom stereocenters. The number of H-pyrrole nitrogens is 1. The van der Waals surface area contributed by atoms with Gasteiger partial charge in [0.25, 0.3) is 0 Å². The van der Waals surface area contributed by atoms with Crippen molar-refractivity contribution in [1.29, 1.82) is 0 Å². The number of ether oxygens (including phenoxy) is 1. The highest BCUT2D eigenvalue weighted by atomic mass is 16.5. The smallest absolute Gasteiger partial charge is 0.310 e. The molecule has 2 aromatic rings. The van der Waals surface area contributed by atoms with Gasteiger partial charge in [0.2, 0.25) is 0 Å². The van der Waals surface area contributed by atoms with Gasteiger partial charge in [-0.1, -0.05) is 13.0 Å². The van der Waals surface area contributed by atoms with Crippen LogP contribution in [0.25, 0.3) is 10.9 Å². The van der Waals surface area contributed by atoms with Crippen LogP contribution < -0.4 is 4.74 Å². The number of nitrogens with zero attached hydrogens (tertiary/aromatic N) is 1. The minimum atomic E-state index is -0.190. The minimum Gasteiger partial charge on any atom is -0.426 e. The van der Waals surface area contributed by atoms with E-state index < -0.39 is 0 Å². The van der Waals surface area contributed by atoms with E-state index in [0.29, 0.717) is 12.2 Å². The molecule has 3 rings (SSSR count). The molecule has 1 aromatic heterocycles. The van der Waals surface area contributed by atoms with E-state index in [2.05, 4.69) is 16.9 Å². The van der Waals surface area contributed by atoms with Gasteiger partial charge in [0.15, 0.2) is 0 Å². The molecular formula is C17H22N2O2. The molecule has 4 nitrogen and oxygen atoms in total. The Morgan fingerprint density at radius 3 is 2.95 bits per heavy atom. The van der Waals surface area contributed by atoms with Crippen molar-refractivity contribution >= 4 is 16.9 Å². The first kappa shape index (κ1) is 14.1. The summed E-state index contributed by atoms with van der Waals surface area (Å²) in [5.74, 6) is 0.481. The normalized spacial score (nSPS) is 14.8. The number of hydrogen-bond donors (Lipinski definition) is 1. The summed E-state index contributed by atoms with van der Waals surface area (Å²) in [5.41, 5.74) is 2.25. The zero-order valence-electron chi connectivity index (χ0n) is 12.7. The van der Waals surface area contributed by atoms with Crippen LogP contribution in [0.15, 0.2) is 24.4 Å². The molecule has 0 spiro atoms. The van der Waals surface area contributed by atoms with Crippen LogP contribution in [0.3, 0.4) is 0 Å². The Labute approximate surface area is 125 Å². The van der Waals surface area contributed by atoms with Gasteiger partial charge in [0.1, 0.15) is 5.75 Å². The molecule has 0 unspecified atom stereocenters. The molecule has 0 bridgehead atoms. The number of hydrogen-bond acceptors (Lipinski definition) is 3. The van der Waals surface area contributed by atoms with Crippen molar-refractivity contribution in [3.8, 4) is 5.75 Å². The second-order valence-electron chi connectivity index (χ2n) is 5.78. The van der Waals surface area contributed by atoms with Crippen LogP contribution in [0.1, 0.15) is 31.7 Å². The quantitative estimate of drug-likeness (QED) is 0.655. The molecular weight excluding hydrogens is 264 g/mol. The van der Waals surface area contributed by atoms with Gasteiger partial charge in [0.05, 0.1) is 0 Å². The first-order valence-corrected chi connectivity index (χ1v) is 7.69. The van der Waals surface area contributed by atoms with Crippen LogP contribution in [0.2, 0.25) is 0 Å². The average Bonchev–Trinajstić information content (AvgIpc) is 3.26. The molecule has 0 amide bonds. The highest BCUT2D eigenvalue weighted by molar-refractivity contribution is 5.91. The van der Waals surface area contributed by atoms with Crippen molar-refractivity contribution in [1.82, 2.24) is 9.88 Å². The van der Waals surface area contributed by atoms with Gasteiger partial charge in [-0.2, -0.15) is 0 Å². The maximum absolute atomic E-state index is 11.6. The Bertz CT molecular complexity index is 643. The lowest BCUT2D eigenvalue weighted by atomic mass is 10.1. The molecule has 1 aliphatic rings. The maximum Gasteiger partial charge on any atom is 0.310 e. The Kier molecular flexibility index (Phi) is 3.97. The second-order valence-corrected chi connectivity index (χ2v) is 5.78. The Balaban J connectivity index is 1.82. The number of nitrogens with one attached hydrogen (secondary N) is 1. The fourth-order valence-electron chi connectivity index (χ4n) is 2.69. The van der Waals surface area contributed by atoms with Crippen LogP contribution in [0.5, 0.6) is 5.75 Å². The number of aromatic nitrogens is 1. The molecule has 1 aromatic carbocycles. The van der Waals surface area contributed by atoms with Crippen LogP contribution in [-0.4, -0.2) is 35.5 Å². The summed E-state index contributed by atoms with van der Waals surface area (Å²) in [6.45, 7) is 2.85. The molecule has 0 radical (unpaired) electrons. The van der Waals surface area contributed by atoms with Crippen LogP contribution in [0.4, 0.5) is 0 Å². The summed E-state index contributed by atoms with van der Waals surface area (Å²) in [6, 6.07) is 6.58. The Morgan fingerprint density at radius 2 is 2.24 bits per heavy atom. The average molecular weight is 286 g/mol. The summed E-state index contributed by atoms with van der Waals surface area (Å²) in [7, 11) is 2.19. The van der Waals surface area contributed by atoms with Crippen molar-refractivity contribution in [2.75, 3.05) is 13.6 Å². The molecule has 1 heterocycles. The van der Waals surface area contributed by atoms with Gasteiger partial charge in [-0.3, -0.25) is 4.79 Å². The number of esters is 1. The predicted octanol–water partition coefficient (Wildman–Crippen LogP) is 3.12. The van der Waals surface area contributed by atoms with Crippen molar-refractivity contribution in [2.45, 2.75) is 38.6 Å². The lowest BCUT2D eigenvalue weighted by molar-refractivity contribution is -0.133. The first-order valence-electron chi connectivity index (χ1n) is 7.69. The van der Waals surface area contributed by atoms with Gasteiger partial charge in [-0.05, 0) is 44.0 Å². The van der Waals surface area contributed by atoms with Crippen LogP contribution in [-0.2, 0) is 11.2 Å². The zero-order valence-corrected chi connectivity index (χ0v) is 12.7. The first-order chi connectivity index (χ1) is 10.2. The third-order valence-electron chi connectivity index (χ3n) is 4.17. The largest absolute Gasteiger partial charge is 0.426 e. The highest BCUT2D eigenvalue weighted by Crippen LogP contribution is 2.30. The van der Waals surface area contributed by atoms with Crippen LogP contribution >= 0.6 is 0 Å². The number of fused-ring (bicyclic) bond motifs is 1. The molecule has 1 saturated carbocycles. The number of likely N-dealkylation sites (N-methyl/N-ethyl adjacent to an activating group) is 1. The summed E-state index contributed by atoms with van der Waals surface area (Å²) in [5, 5.41) is 1.04. The molecule has 21 heavy (non-hydrogen) atoms. The Morgan fingerprint density at radius 1 is 1.43 bits per heavy atom. The fourth-order valence-corrected chi connectivity index (χ4v) is 2.69. The van der Waals surface area contributed by atoms with E-state index in [-0.39, 0.29) is 5.97 Å². The van der Waals surface area contributed by atoms with E-state index in [4.69, 9.17) is 4.74 Å². The maximum atomic E-state index is 11.6. The van der Waals surface area contributed by atoms with Gasteiger partial charge in [-0.15, -0.1) is 0 Å². The van der Waals surface area contributed by atoms with Crippen molar-refractivity contribution in [3.05, 3.63) is 30.0 Å². The lowest BCUT2D eigenvalue weighted by Gasteiger charge is -2.15. The van der Waals surface area contributed by atoms with Crippen LogP contribution in [0, 0.1) is 0 Å². The third-order valence-corrected chi connectivity index (χ3v) is 4.17. The molecule has 4 heteroatoms. The summed E-state index contributed by atoms with van der Waals surface area (Å²) in [6.07, 6.45) is 6.04. The molecule has 0 aliphatic heterocycles. The van der Waals surface area contributed by atoms with E-state index in [1.165, 1.54) is 18.4 Å². The SMILES string of the molecule is CCC(=O)Oc1cccc2[nH]cc(CCN(C)C3CC3)c12. The fraction of sp³-hybridized carbons (Fsp3) is 0.471. The van der Waals surface area contributed by atoms with Crippen molar-refractivity contribution < 1.29 is 9.53 Å². The lowest BCUT2D eigenvalue weighted by Crippen LogP contribution is -2.23.